The van der Waals surface area contributed by atoms with E-state index < -0.39 is 5.97 Å². The number of hydrogen-bond donors (Lipinski definition) is 1. The van der Waals surface area contributed by atoms with Gasteiger partial charge in [-0.3, -0.25) is 0 Å². The van der Waals surface area contributed by atoms with Gasteiger partial charge in [0.25, 0.3) is 0 Å². The maximum atomic E-state index is 10.5. The molecule has 5 heteroatoms. The van der Waals surface area contributed by atoms with E-state index >= 15 is 0 Å². The van der Waals surface area contributed by atoms with Crippen molar-refractivity contribution in [2.45, 2.75) is 0 Å². The standard InChI is InChI=1S/C8H5NO3S/c10-8(11)6-2-1-5(12-6)7-9-3-4-13-7/h1-4H,(H,10,11). The van der Waals surface area contributed by atoms with Crippen LogP contribution in [0, 0.1) is 0 Å². The Morgan fingerprint density at radius 1 is 1.54 bits per heavy atom. The zero-order valence-corrected chi connectivity index (χ0v) is 7.25. The lowest BCUT2D eigenvalue weighted by atomic mass is 10.4. The van der Waals surface area contributed by atoms with Crippen molar-refractivity contribution >= 4 is 17.3 Å². The van der Waals surface area contributed by atoms with E-state index in [1.54, 1.807) is 17.6 Å². The third-order valence-electron chi connectivity index (χ3n) is 1.46. The second kappa shape index (κ2) is 3.02. The molecular weight excluding hydrogens is 190 g/mol. The minimum Gasteiger partial charge on any atom is -0.475 e. The number of aromatic carboxylic acids is 1. The molecule has 0 amide bonds. The number of carbonyl (C=O) groups is 1. The summed E-state index contributed by atoms with van der Waals surface area (Å²) in [6.45, 7) is 0. The smallest absolute Gasteiger partial charge is 0.371 e. The topological polar surface area (TPSA) is 63.3 Å². The summed E-state index contributed by atoms with van der Waals surface area (Å²) in [7, 11) is 0. The van der Waals surface area contributed by atoms with Crippen LogP contribution in [-0.4, -0.2) is 16.1 Å². The van der Waals surface area contributed by atoms with Gasteiger partial charge >= 0.3 is 5.97 Å². The second-order valence-corrected chi connectivity index (χ2v) is 3.20. The summed E-state index contributed by atoms with van der Waals surface area (Å²) in [4.78, 5) is 14.5. The van der Waals surface area contributed by atoms with Crippen LogP contribution in [0.4, 0.5) is 0 Å². The van der Waals surface area contributed by atoms with Gasteiger partial charge < -0.3 is 9.52 Å². The molecular formula is C8H5NO3S. The number of thiazole rings is 1. The van der Waals surface area contributed by atoms with Crippen LogP contribution in [0.5, 0.6) is 0 Å². The number of carboxylic acids is 1. The summed E-state index contributed by atoms with van der Waals surface area (Å²) < 4.78 is 5.04. The Hall–Kier alpha value is -1.62. The molecule has 0 aliphatic heterocycles. The highest BCUT2D eigenvalue weighted by Crippen LogP contribution is 2.23. The molecule has 0 aliphatic carbocycles. The number of hydrogen-bond acceptors (Lipinski definition) is 4. The van der Waals surface area contributed by atoms with Gasteiger partial charge in [0.05, 0.1) is 0 Å². The molecule has 0 aliphatic rings. The van der Waals surface area contributed by atoms with Gasteiger partial charge in [-0.05, 0) is 12.1 Å². The summed E-state index contributed by atoms with van der Waals surface area (Å²) in [5.74, 6) is -0.639. The fourth-order valence-corrected chi connectivity index (χ4v) is 1.51. The molecule has 2 aromatic rings. The van der Waals surface area contributed by atoms with Crippen molar-refractivity contribution in [1.29, 1.82) is 0 Å². The van der Waals surface area contributed by atoms with E-state index in [-0.39, 0.29) is 5.76 Å². The number of carboxylic acid groups (broad SMARTS) is 1. The van der Waals surface area contributed by atoms with Crippen molar-refractivity contribution in [3.05, 3.63) is 29.5 Å². The minimum absolute atomic E-state index is 0.0646. The van der Waals surface area contributed by atoms with Crippen LogP contribution < -0.4 is 0 Å². The van der Waals surface area contributed by atoms with Crippen molar-refractivity contribution in [1.82, 2.24) is 4.98 Å². The van der Waals surface area contributed by atoms with E-state index in [1.165, 1.54) is 17.4 Å². The van der Waals surface area contributed by atoms with Crippen LogP contribution in [0.1, 0.15) is 10.6 Å². The number of rotatable bonds is 2. The normalized spacial score (nSPS) is 10.2. The molecule has 0 atom stereocenters. The highest BCUT2D eigenvalue weighted by atomic mass is 32.1. The average Bonchev–Trinajstić information content (AvgIpc) is 2.75. The highest BCUT2D eigenvalue weighted by Gasteiger charge is 2.11. The molecule has 0 radical (unpaired) electrons. The number of aromatic nitrogens is 1. The molecule has 0 spiro atoms. The van der Waals surface area contributed by atoms with Gasteiger partial charge in [-0.2, -0.15) is 0 Å². The average molecular weight is 195 g/mol. The monoisotopic (exact) mass is 195 g/mol. The molecule has 2 rings (SSSR count). The van der Waals surface area contributed by atoms with Gasteiger partial charge in [0, 0.05) is 11.6 Å². The van der Waals surface area contributed by atoms with Crippen LogP contribution in [-0.2, 0) is 0 Å². The molecule has 0 unspecified atom stereocenters. The maximum absolute atomic E-state index is 10.5. The fraction of sp³-hybridized carbons (Fsp3) is 0. The molecule has 66 valence electrons. The van der Waals surface area contributed by atoms with Gasteiger partial charge in [0.2, 0.25) is 5.76 Å². The second-order valence-electron chi connectivity index (χ2n) is 2.31. The van der Waals surface area contributed by atoms with Gasteiger partial charge in [-0.25, -0.2) is 9.78 Å². The third-order valence-corrected chi connectivity index (χ3v) is 2.25. The zero-order valence-electron chi connectivity index (χ0n) is 6.43. The van der Waals surface area contributed by atoms with Crippen LogP contribution >= 0.6 is 11.3 Å². The Labute approximate surface area is 77.5 Å². The van der Waals surface area contributed by atoms with Crippen LogP contribution in [0.2, 0.25) is 0 Å². The lowest BCUT2D eigenvalue weighted by Gasteiger charge is -1.87. The van der Waals surface area contributed by atoms with Crippen molar-refractivity contribution < 1.29 is 14.3 Å². The first-order valence-electron chi connectivity index (χ1n) is 3.50. The molecule has 0 fully saturated rings. The molecule has 2 heterocycles. The predicted molar refractivity (Wildman–Crippen MR) is 46.8 cm³/mol. The van der Waals surface area contributed by atoms with Gasteiger partial charge in [0.1, 0.15) is 0 Å². The van der Waals surface area contributed by atoms with E-state index in [2.05, 4.69) is 4.98 Å². The van der Waals surface area contributed by atoms with Crippen LogP contribution in [0.3, 0.4) is 0 Å². The first-order chi connectivity index (χ1) is 6.27. The molecule has 0 saturated carbocycles. The third kappa shape index (κ3) is 1.46. The molecule has 2 aromatic heterocycles. The van der Waals surface area contributed by atoms with Crippen LogP contribution in [0.15, 0.2) is 28.1 Å². The largest absolute Gasteiger partial charge is 0.475 e. The zero-order chi connectivity index (χ0) is 9.26. The van der Waals surface area contributed by atoms with Crippen molar-refractivity contribution in [2.75, 3.05) is 0 Å². The lowest BCUT2D eigenvalue weighted by molar-refractivity contribution is 0.0663. The van der Waals surface area contributed by atoms with E-state index in [0.717, 1.165) is 0 Å². The molecule has 13 heavy (non-hydrogen) atoms. The van der Waals surface area contributed by atoms with E-state index in [9.17, 15) is 4.79 Å². The summed E-state index contributed by atoms with van der Waals surface area (Å²) in [5, 5.41) is 11.1. The highest BCUT2D eigenvalue weighted by molar-refractivity contribution is 7.13. The Bertz CT molecular complexity index is 418. The van der Waals surface area contributed by atoms with Crippen LogP contribution in [0.25, 0.3) is 10.8 Å². The van der Waals surface area contributed by atoms with E-state index in [4.69, 9.17) is 9.52 Å². The molecule has 1 N–H and O–H groups in total. The Morgan fingerprint density at radius 3 is 2.92 bits per heavy atom. The molecule has 0 bridgehead atoms. The van der Waals surface area contributed by atoms with Crippen molar-refractivity contribution in [3.8, 4) is 10.8 Å². The maximum Gasteiger partial charge on any atom is 0.371 e. The minimum atomic E-state index is -1.07. The summed E-state index contributed by atoms with van der Waals surface area (Å²) in [5.41, 5.74) is 0. The predicted octanol–water partition coefficient (Wildman–Crippen LogP) is 2.10. The number of furan rings is 1. The van der Waals surface area contributed by atoms with E-state index in [1.807, 2.05) is 0 Å². The lowest BCUT2D eigenvalue weighted by Crippen LogP contribution is -1.91. The molecule has 0 aromatic carbocycles. The summed E-state index contributed by atoms with van der Waals surface area (Å²) in [6.07, 6.45) is 1.64. The summed E-state index contributed by atoms with van der Waals surface area (Å²) >= 11 is 1.40. The molecule has 0 saturated heterocycles. The number of nitrogens with zero attached hydrogens (tertiary/aromatic N) is 1. The molecule has 4 nitrogen and oxygen atoms in total. The first kappa shape index (κ1) is 8.00. The Morgan fingerprint density at radius 2 is 2.38 bits per heavy atom. The van der Waals surface area contributed by atoms with Gasteiger partial charge in [-0.15, -0.1) is 11.3 Å². The fourth-order valence-electron chi connectivity index (χ4n) is 0.913. The Balaban J connectivity index is 2.39. The first-order valence-corrected chi connectivity index (χ1v) is 4.38. The quantitative estimate of drug-likeness (QED) is 0.797. The summed E-state index contributed by atoms with van der Waals surface area (Å²) in [6, 6.07) is 3.02. The van der Waals surface area contributed by atoms with Crippen molar-refractivity contribution in [3.63, 3.8) is 0 Å². The van der Waals surface area contributed by atoms with E-state index in [0.29, 0.717) is 10.8 Å². The SMILES string of the molecule is O=C(O)c1ccc(-c2nccs2)o1. The Kier molecular flexibility index (Phi) is 1.86. The van der Waals surface area contributed by atoms with Gasteiger partial charge in [0.15, 0.2) is 10.8 Å². The van der Waals surface area contributed by atoms with Crippen molar-refractivity contribution in [2.24, 2.45) is 0 Å². The van der Waals surface area contributed by atoms with Gasteiger partial charge in [-0.1, -0.05) is 0 Å².